The molecule has 0 bridgehead atoms. The standard InChI is InChI=1S/C12H22N2O4/c1-8(15)14-11(12(17)18)7-13-6-9-3-2-4-10(16)5-9/h9-11,13,16H,2-7H2,1H3,(H,14,15)(H,17,18). The highest BCUT2D eigenvalue weighted by molar-refractivity contribution is 5.82. The highest BCUT2D eigenvalue weighted by Gasteiger charge is 2.21. The topological polar surface area (TPSA) is 98.7 Å². The van der Waals surface area contributed by atoms with E-state index in [0.29, 0.717) is 12.5 Å². The van der Waals surface area contributed by atoms with Crippen LogP contribution in [0.4, 0.5) is 0 Å². The third-order valence-corrected chi connectivity index (χ3v) is 3.21. The fraction of sp³-hybridized carbons (Fsp3) is 0.833. The molecule has 0 aliphatic heterocycles. The van der Waals surface area contributed by atoms with Crippen molar-refractivity contribution >= 4 is 11.9 Å². The van der Waals surface area contributed by atoms with Crippen molar-refractivity contribution in [2.24, 2.45) is 5.92 Å². The summed E-state index contributed by atoms with van der Waals surface area (Å²) in [7, 11) is 0. The van der Waals surface area contributed by atoms with E-state index in [1.165, 1.54) is 6.92 Å². The van der Waals surface area contributed by atoms with E-state index >= 15 is 0 Å². The number of hydrogen-bond donors (Lipinski definition) is 4. The van der Waals surface area contributed by atoms with Crippen LogP contribution in [0.5, 0.6) is 0 Å². The lowest BCUT2D eigenvalue weighted by molar-refractivity contribution is -0.141. The summed E-state index contributed by atoms with van der Waals surface area (Å²) < 4.78 is 0. The van der Waals surface area contributed by atoms with Crippen molar-refractivity contribution in [1.82, 2.24) is 10.6 Å². The summed E-state index contributed by atoms with van der Waals surface area (Å²) >= 11 is 0. The lowest BCUT2D eigenvalue weighted by atomic mass is 9.87. The lowest BCUT2D eigenvalue weighted by Gasteiger charge is -2.26. The quantitative estimate of drug-likeness (QED) is 0.525. The first-order valence-corrected chi connectivity index (χ1v) is 6.37. The molecule has 18 heavy (non-hydrogen) atoms. The Kier molecular flexibility index (Phi) is 6.07. The average molecular weight is 258 g/mol. The Balaban J connectivity index is 2.25. The monoisotopic (exact) mass is 258 g/mol. The molecule has 0 saturated heterocycles. The van der Waals surface area contributed by atoms with Gasteiger partial charge in [-0.05, 0) is 31.7 Å². The van der Waals surface area contributed by atoms with Crippen LogP contribution in [0.3, 0.4) is 0 Å². The van der Waals surface area contributed by atoms with Gasteiger partial charge in [0.25, 0.3) is 0 Å². The van der Waals surface area contributed by atoms with E-state index in [1.807, 2.05) is 0 Å². The van der Waals surface area contributed by atoms with Crippen molar-refractivity contribution in [3.63, 3.8) is 0 Å². The Morgan fingerprint density at radius 2 is 2.11 bits per heavy atom. The van der Waals surface area contributed by atoms with Crippen molar-refractivity contribution in [1.29, 1.82) is 0 Å². The minimum absolute atomic E-state index is 0.210. The van der Waals surface area contributed by atoms with Gasteiger partial charge in [0.2, 0.25) is 5.91 Å². The molecule has 3 unspecified atom stereocenters. The molecule has 3 atom stereocenters. The first-order chi connectivity index (χ1) is 8.49. The summed E-state index contributed by atoms with van der Waals surface area (Å²) in [6.07, 6.45) is 3.48. The van der Waals surface area contributed by atoms with Crippen molar-refractivity contribution in [2.75, 3.05) is 13.1 Å². The Bertz CT molecular complexity index is 296. The number of aliphatic carboxylic acids is 1. The van der Waals surface area contributed by atoms with E-state index in [1.54, 1.807) is 0 Å². The SMILES string of the molecule is CC(=O)NC(CNCC1CCCC(O)C1)C(=O)O. The van der Waals surface area contributed by atoms with Gasteiger partial charge < -0.3 is 20.8 Å². The maximum atomic E-state index is 10.9. The molecule has 0 aromatic carbocycles. The van der Waals surface area contributed by atoms with E-state index in [9.17, 15) is 14.7 Å². The molecule has 1 saturated carbocycles. The van der Waals surface area contributed by atoms with Crippen molar-refractivity contribution in [3.05, 3.63) is 0 Å². The van der Waals surface area contributed by atoms with Crippen LogP contribution >= 0.6 is 0 Å². The first-order valence-electron chi connectivity index (χ1n) is 6.37. The number of rotatable bonds is 6. The number of aliphatic hydroxyl groups excluding tert-OH is 1. The van der Waals surface area contributed by atoms with Gasteiger partial charge >= 0.3 is 5.97 Å². The zero-order valence-electron chi connectivity index (χ0n) is 10.7. The summed E-state index contributed by atoms with van der Waals surface area (Å²) in [6, 6.07) is -0.893. The van der Waals surface area contributed by atoms with Gasteiger partial charge in [0.05, 0.1) is 6.10 Å². The predicted molar refractivity (Wildman–Crippen MR) is 66.1 cm³/mol. The number of aliphatic hydroxyl groups is 1. The third kappa shape index (κ3) is 5.46. The maximum absolute atomic E-state index is 10.9. The molecule has 0 spiro atoms. The average Bonchev–Trinajstić information content (AvgIpc) is 2.27. The van der Waals surface area contributed by atoms with Crippen molar-refractivity contribution < 1.29 is 19.8 Å². The van der Waals surface area contributed by atoms with Gasteiger partial charge in [0.15, 0.2) is 0 Å². The number of carboxylic acids is 1. The summed E-state index contributed by atoms with van der Waals surface area (Å²) in [5.74, 6) is -1.00. The van der Waals surface area contributed by atoms with Crippen molar-refractivity contribution in [3.8, 4) is 0 Å². The normalized spacial score (nSPS) is 25.4. The fourth-order valence-corrected chi connectivity index (χ4v) is 2.33. The van der Waals surface area contributed by atoms with E-state index in [-0.39, 0.29) is 18.6 Å². The molecule has 6 nitrogen and oxygen atoms in total. The zero-order chi connectivity index (χ0) is 13.5. The second-order valence-electron chi connectivity index (χ2n) is 4.94. The molecule has 0 aromatic heterocycles. The van der Waals surface area contributed by atoms with Gasteiger partial charge in [-0.3, -0.25) is 4.79 Å². The van der Waals surface area contributed by atoms with Crippen LogP contribution in [-0.4, -0.2) is 47.3 Å². The van der Waals surface area contributed by atoms with Crippen LogP contribution in [0.15, 0.2) is 0 Å². The number of carbonyl (C=O) groups is 2. The molecule has 1 aliphatic carbocycles. The number of nitrogens with one attached hydrogen (secondary N) is 2. The number of carbonyl (C=O) groups excluding carboxylic acids is 1. The van der Waals surface area contributed by atoms with E-state index < -0.39 is 12.0 Å². The van der Waals surface area contributed by atoms with Crippen LogP contribution < -0.4 is 10.6 Å². The lowest BCUT2D eigenvalue weighted by Crippen LogP contribution is -2.47. The molecule has 1 amide bonds. The number of amides is 1. The van der Waals surface area contributed by atoms with Gasteiger partial charge in [-0.1, -0.05) is 6.42 Å². The summed E-state index contributed by atoms with van der Waals surface area (Å²) in [5.41, 5.74) is 0. The molecule has 0 heterocycles. The fourth-order valence-electron chi connectivity index (χ4n) is 2.33. The molecular weight excluding hydrogens is 236 g/mol. The summed E-state index contributed by atoms with van der Waals surface area (Å²) in [4.78, 5) is 21.7. The minimum Gasteiger partial charge on any atom is -0.480 e. The van der Waals surface area contributed by atoms with Gasteiger partial charge in [-0.15, -0.1) is 0 Å². The molecule has 104 valence electrons. The number of hydrogen-bond acceptors (Lipinski definition) is 4. The van der Waals surface area contributed by atoms with Gasteiger partial charge in [-0.25, -0.2) is 4.79 Å². The Morgan fingerprint density at radius 1 is 1.39 bits per heavy atom. The maximum Gasteiger partial charge on any atom is 0.327 e. The highest BCUT2D eigenvalue weighted by Crippen LogP contribution is 2.23. The second kappa shape index (κ2) is 7.33. The van der Waals surface area contributed by atoms with E-state index in [2.05, 4.69) is 10.6 Å². The van der Waals surface area contributed by atoms with Crippen LogP contribution in [0.1, 0.15) is 32.6 Å². The van der Waals surface area contributed by atoms with Crippen molar-refractivity contribution in [2.45, 2.75) is 44.8 Å². The van der Waals surface area contributed by atoms with Crippen LogP contribution in [0.25, 0.3) is 0 Å². The third-order valence-electron chi connectivity index (χ3n) is 3.21. The van der Waals surface area contributed by atoms with Crippen LogP contribution in [0.2, 0.25) is 0 Å². The largest absolute Gasteiger partial charge is 0.480 e. The number of carboxylic acid groups (broad SMARTS) is 1. The highest BCUT2D eigenvalue weighted by atomic mass is 16.4. The molecular formula is C12H22N2O4. The Hall–Kier alpha value is -1.14. The molecule has 6 heteroatoms. The first kappa shape index (κ1) is 14.9. The predicted octanol–water partition coefficient (Wildman–Crippen LogP) is -0.284. The summed E-state index contributed by atoms with van der Waals surface area (Å²) in [5, 5.41) is 23.9. The molecule has 1 fully saturated rings. The minimum atomic E-state index is -1.04. The van der Waals surface area contributed by atoms with Gasteiger partial charge in [-0.2, -0.15) is 0 Å². The van der Waals surface area contributed by atoms with Crippen LogP contribution in [0, 0.1) is 5.92 Å². The molecule has 1 rings (SSSR count). The van der Waals surface area contributed by atoms with Crippen LogP contribution in [-0.2, 0) is 9.59 Å². The van der Waals surface area contributed by atoms with E-state index in [4.69, 9.17) is 5.11 Å². The Morgan fingerprint density at radius 3 is 2.67 bits per heavy atom. The van der Waals surface area contributed by atoms with E-state index in [0.717, 1.165) is 25.7 Å². The zero-order valence-corrected chi connectivity index (χ0v) is 10.7. The Labute approximate surface area is 107 Å². The second-order valence-corrected chi connectivity index (χ2v) is 4.94. The molecule has 4 N–H and O–H groups in total. The molecule has 0 radical (unpaired) electrons. The molecule has 1 aliphatic rings. The van der Waals surface area contributed by atoms with Gasteiger partial charge in [0, 0.05) is 13.5 Å². The summed E-state index contributed by atoms with van der Waals surface area (Å²) in [6.45, 7) is 2.19. The van der Waals surface area contributed by atoms with Gasteiger partial charge in [0.1, 0.15) is 6.04 Å². The smallest absolute Gasteiger partial charge is 0.327 e. The molecule has 0 aromatic rings.